The maximum absolute atomic E-state index is 11.1. The molecule has 1 saturated carbocycles. The number of aryl methyl sites for hydroxylation is 1. The Balaban J connectivity index is 1.49. The molecule has 9 nitrogen and oxygen atoms in total. The molecule has 32 heavy (non-hydrogen) atoms. The SMILES string of the molecule is COc1cc(C=O)ccc1Nc1ncc2c(n1)N(CC1CCCCC1)Cc1nnc(C)n1-2. The van der Waals surface area contributed by atoms with Crippen molar-refractivity contribution in [1.29, 1.82) is 0 Å². The van der Waals surface area contributed by atoms with Crippen LogP contribution in [-0.2, 0) is 6.54 Å². The van der Waals surface area contributed by atoms with Crippen LogP contribution in [-0.4, -0.2) is 44.7 Å². The molecule has 3 aromatic rings. The predicted octanol–water partition coefficient (Wildman–Crippen LogP) is 3.83. The van der Waals surface area contributed by atoms with Crippen LogP contribution in [0.4, 0.5) is 17.5 Å². The smallest absolute Gasteiger partial charge is 0.229 e. The van der Waals surface area contributed by atoms with Gasteiger partial charge in [0, 0.05) is 12.1 Å². The summed E-state index contributed by atoms with van der Waals surface area (Å²) in [5.41, 5.74) is 2.15. The van der Waals surface area contributed by atoms with Gasteiger partial charge in [-0.3, -0.25) is 9.36 Å². The molecule has 0 saturated heterocycles. The highest BCUT2D eigenvalue weighted by atomic mass is 16.5. The molecule has 0 atom stereocenters. The fourth-order valence-corrected chi connectivity index (χ4v) is 4.72. The summed E-state index contributed by atoms with van der Waals surface area (Å²) in [6.45, 7) is 3.58. The Morgan fingerprint density at radius 1 is 1.22 bits per heavy atom. The van der Waals surface area contributed by atoms with E-state index in [9.17, 15) is 4.79 Å². The number of hydrogen-bond donors (Lipinski definition) is 1. The maximum atomic E-state index is 11.1. The van der Waals surface area contributed by atoms with Crippen molar-refractivity contribution >= 4 is 23.7 Å². The highest BCUT2D eigenvalue weighted by Crippen LogP contribution is 2.35. The Labute approximate surface area is 186 Å². The van der Waals surface area contributed by atoms with Crippen LogP contribution in [0.2, 0.25) is 0 Å². The van der Waals surface area contributed by atoms with Crippen LogP contribution in [0.25, 0.3) is 5.69 Å². The number of carbonyl (C=O) groups is 1. The second-order valence-corrected chi connectivity index (χ2v) is 8.49. The summed E-state index contributed by atoms with van der Waals surface area (Å²) in [5.74, 6) is 4.33. The molecule has 2 aliphatic rings. The number of aromatic nitrogens is 5. The number of nitrogens with one attached hydrogen (secondary N) is 1. The number of hydrogen-bond acceptors (Lipinski definition) is 8. The third kappa shape index (κ3) is 3.79. The van der Waals surface area contributed by atoms with Gasteiger partial charge in [0.05, 0.1) is 25.5 Å². The number of benzene rings is 1. The zero-order valence-corrected chi connectivity index (χ0v) is 18.4. The van der Waals surface area contributed by atoms with E-state index in [1.54, 1.807) is 25.3 Å². The third-order valence-electron chi connectivity index (χ3n) is 6.33. The van der Waals surface area contributed by atoms with Crippen molar-refractivity contribution in [3.63, 3.8) is 0 Å². The maximum Gasteiger partial charge on any atom is 0.229 e. The van der Waals surface area contributed by atoms with Crippen LogP contribution in [0.15, 0.2) is 24.4 Å². The van der Waals surface area contributed by atoms with Gasteiger partial charge in [-0.1, -0.05) is 19.3 Å². The van der Waals surface area contributed by atoms with Gasteiger partial charge in [0.2, 0.25) is 5.95 Å². The van der Waals surface area contributed by atoms with E-state index in [0.29, 0.717) is 35.4 Å². The lowest BCUT2D eigenvalue weighted by Crippen LogP contribution is -2.35. The molecular formula is C23H27N7O2. The van der Waals surface area contributed by atoms with Gasteiger partial charge in [-0.25, -0.2) is 4.98 Å². The molecule has 1 aliphatic carbocycles. The topological polar surface area (TPSA) is 98.1 Å². The van der Waals surface area contributed by atoms with Crippen LogP contribution in [0.5, 0.6) is 5.75 Å². The molecule has 0 radical (unpaired) electrons. The highest BCUT2D eigenvalue weighted by Gasteiger charge is 2.29. The van der Waals surface area contributed by atoms with Crippen molar-refractivity contribution in [2.75, 3.05) is 23.9 Å². The van der Waals surface area contributed by atoms with Crippen LogP contribution >= 0.6 is 0 Å². The van der Waals surface area contributed by atoms with Crippen molar-refractivity contribution in [2.45, 2.75) is 45.6 Å². The molecule has 1 aliphatic heterocycles. The lowest BCUT2D eigenvalue weighted by molar-refractivity contribution is 0.112. The molecule has 5 rings (SSSR count). The van der Waals surface area contributed by atoms with Crippen LogP contribution in [0.1, 0.15) is 54.1 Å². The van der Waals surface area contributed by atoms with E-state index in [4.69, 9.17) is 9.72 Å². The van der Waals surface area contributed by atoms with Gasteiger partial charge in [-0.2, -0.15) is 4.98 Å². The van der Waals surface area contributed by atoms with E-state index >= 15 is 0 Å². The number of anilines is 3. The molecule has 2 aromatic heterocycles. The minimum atomic E-state index is 0.476. The number of rotatable bonds is 6. The molecular weight excluding hydrogens is 406 g/mol. The van der Waals surface area contributed by atoms with Crippen LogP contribution < -0.4 is 15.0 Å². The summed E-state index contributed by atoms with van der Waals surface area (Å²) in [4.78, 5) is 22.9. The minimum Gasteiger partial charge on any atom is -0.495 e. The number of methoxy groups -OCH3 is 1. The molecule has 0 amide bonds. The first-order valence-electron chi connectivity index (χ1n) is 11.1. The van der Waals surface area contributed by atoms with Gasteiger partial charge in [-0.05, 0) is 43.9 Å². The lowest BCUT2D eigenvalue weighted by Gasteiger charge is -2.34. The first kappa shape index (κ1) is 20.4. The number of ether oxygens (including phenoxy) is 1. The minimum absolute atomic E-state index is 0.476. The van der Waals surface area contributed by atoms with Crippen molar-refractivity contribution < 1.29 is 9.53 Å². The molecule has 0 unspecified atom stereocenters. The van der Waals surface area contributed by atoms with Gasteiger partial charge in [0.15, 0.2) is 11.6 Å². The van der Waals surface area contributed by atoms with Crippen molar-refractivity contribution in [1.82, 2.24) is 24.7 Å². The number of nitrogens with zero attached hydrogens (tertiary/aromatic N) is 6. The fourth-order valence-electron chi connectivity index (χ4n) is 4.72. The molecule has 9 heteroatoms. The van der Waals surface area contributed by atoms with E-state index < -0.39 is 0 Å². The van der Waals surface area contributed by atoms with Gasteiger partial charge in [0.25, 0.3) is 0 Å². The Bertz CT molecular complexity index is 1140. The molecule has 1 N–H and O–H groups in total. The highest BCUT2D eigenvalue weighted by molar-refractivity contribution is 5.79. The predicted molar refractivity (Wildman–Crippen MR) is 121 cm³/mol. The Hall–Kier alpha value is -3.49. The Morgan fingerprint density at radius 2 is 2.06 bits per heavy atom. The zero-order valence-electron chi connectivity index (χ0n) is 18.4. The molecule has 0 spiro atoms. The second-order valence-electron chi connectivity index (χ2n) is 8.49. The van der Waals surface area contributed by atoms with Crippen LogP contribution in [0.3, 0.4) is 0 Å². The Morgan fingerprint density at radius 3 is 2.84 bits per heavy atom. The van der Waals surface area contributed by atoms with Crippen molar-refractivity contribution in [2.24, 2.45) is 5.92 Å². The van der Waals surface area contributed by atoms with Crippen molar-refractivity contribution in [3.05, 3.63) is 41.6 Å². The first-order valence-corrected chi connectivity index (χ1v) is 11.1. The first-order chi connectivity index (χ1) is 15.7. The van der Waals surface area contributed by atoms with Crippen LogP contribution in [0, 0.1) is 12.8 Å². The molecule has 1 fully saturated rings. The van der Waals surface area contributed by atoms with E-state index in [2.05, 4.69) is 25.4 Å². The monoisotopic (exact) mass is 433 g/mol. The number of aldehydes is 1. The lowest BCUT2D eigenvalue weighted by atomic mass is 9.89. The summed E-state index contributed by atoms with van der Waals surface area (Å²) < 4.78 is 7.48. The second kappa shape index (κ2) is 8.57. The fraction of sp³-hybridized carbons (Fsp3) is 0.435. The zero-order chi connectivity index (χ0) is 22.1. The van der Waals surface area contributed by atoms with Crippen molar-refractivity contribution in [3.8, 4) is 11.4 Å². The van der Waals surface area contributed by atoms with E-state index in [1.807, 2.05) is 17.7 Å². The third-order valence-corrected chi connectivity index (χ3v) is 6.33. The largest absolute Gasteiger partial charge is 0.495 e. The molecule has 0 bridgehead atoms. The summed E-state index contributed by atoms with van der Waals surface area (Å²) >= 11 is 0. The van der Waals surface area contributed by atoms with E-state index in [0.717, 1.165) is 36.0 Å². The summed E-state index contributed by atoms with van der Waals surface area (Å²) in [7, 11) is 1.57. The summed E-state index contributed by atoms with van der Waals surface area (Å²) in [6.07, 6.45) is 9.07. The quantitative estimate of drug-likeness (QED) is 0.586. The van der Waals surface area contributed by atoms with Gasteiger partial charge < -0.3 is 15.0 Å². The summed E-state index contributed by atoms with van der Waals surface area (Å²) in [6, 6.07) is 5.22. The normalized spacial score (nSPS) is 15.8. The Kier molecular flexibility index (Phi) is 5.46. The van der Waals surface area contributed by atoms with Gasteiger partial charge in [0.1, 0.15) is 23.5 Å². The molecule has 166 valence electrons. The standard InChI is InChI=1S/C23H27N7O2/c1-15-27-28-21-13-29(12-16-6-4-3-5-7-16)22-19(30(15)21)11-24-23(26-22)25-18-9-8-17(14-31)10-20(18)32-2/h8-11,14,16H,3-7,12-13H2,1-2H3,(H,24,25,26). The molecule has 3 heterocycles. The average molecular weight is 434 g/mol. The van der Waals surface area contributed by atoms with E-state index in [1.165, 1.54) is 32.1 Å². The van der Waals surface area contributed by atoms with E-state index in [-0.39, 0.29) is 0 Å². The van der Waals surface area contributed by atoms with Gasteiger partial charge >= 0.3 is 0 Å². The molecule has 1 aromatic carbocycles. The number of fused-ring (bicyclic) bond motifs is 3. The number of carbonyl (C=O) groups excluding carboxylic acids is 1. The summed E-state index contributed by atoms with van der Waals surface area (Å²) in [5, 5.41) is 11.9. The van der Waals surface area contributed by atoms with Gasteiger partial charge in [-0.15, -0.1) is 10.2 Å². The average Bonchev–Trinajstić information content (AvgIpc) is 3.20.